The van der Waals surface area contributed by atoms with E-state index in [1.807, 2.05) is 0 Å². The normalized spacial score (nSPS) is 12.2. The van der Waals surface area contributed by atoms with Gasteiger partial charge in [-0.25, -0.2) is 0 Å². The van der Waals surface area contributed by atoms with Gasteiger partial charge < -0.3 is 4.74 Å². The highest BCUT2D eigenvalue weighted by Crippen LogP contribution is 1.89. The van der Waals surface area contributed by atoms with Gasteiger partial charge in [-0.2, -0.15) is 0 Å². The molecule has 0 aliphatic carbocycles. The summed E-state index contributed by atoms with van der Waals surface area (Å²) >= 11 is 0. The predicted octanol–water partition coefficient (Wildman–Crippen LogP) is 1.12. The van der Waals surface area contributed by atoms with E-state index in [2.05, 4.69) is 11.3 Å². The highest BCUT2D eigenvalue weighted by Gasteiger charge is 1.96. The number of hydrogen-bond acceptors (Lipinski definition) is 2. The van der Waals surface area contributed by atoms with Crippen LogP contribution in [-0.2, 0) is 9.53 Å². The molecule has 46 valence electrons. The first-order chi connectivity index (χ1) is 3.66. The number of carbonyl (C=O) groups is 1. The van der Waals surface area contributed by atoms with Crippen LogP contribution in [0, 0.1) is 0 Å². The van der Waals surface area contributed by atoms with Gasteiger partial charge in [0.25, 0.3) is 0 Å². The minimum atomic E-state index is -0.266. The van der Waals surface area contributed by atoms with Gasteiger partial charge in [0.05, 0.1) is 0 Å². The summed E-state index contributed by atoms with van der Waals surface area (Å²) in [4.78, 5) is 10.1. The van der Waals surface area contributed by atoms with Gasteiger partial charge in [-0.05, 0) is 6.92 Å². The van der Waals surface area contributed by atoms with Crippen molar-refractivity contribution in [3.63, 3.8) is 0 Å². The van der Waals surface area contributed by atoms with Gasteiger partial charge in [-0.15, -0.1) is 0 Å². The van der Waals surface area contributed by atoms with Gasteiger partial charge in [-0.1, -0.05) is 12.7 Å². The number of ether oxygens (including phenoxy) is 1. The zero-order valence-corrected chi connectivity index (χ0v) is 5.18. The molecule has 0 saturated heterocycles. The molecule has 0 bridgehead atoms. The average Bonchev–Trinajstić information content (AvgIpc) is 1.65. The zero-order valence-electron chi connectivity index (χ0n) is 5.18. The van der Waals surface area contributed by atoms with Crippen molar-refractivity contribution in [2.75, 3.05) is 0 Å². The van der Waals surface area contributed by atoms with Crippen molar-refractivity contribution in [1.29, 1.82) is 0 Å². The summed E-state index contributed by atoms with van der Waals surface area (Å²) in [5, 5.41) is 0. The molecule has 0 aromatic carbocycles. The zero-order chi connectivity index (χ0) is 6.57. The second-order valence-electron chi connectivity index (χ2n) is 1.55. The van der Waals surface area contributed by atoms with E-state index in [9.17, 15) is 4.79 Å². The van der Waals surface area contributed by atoms with Gasteiger partial charge in [0.1, 0.15) is 6.10 Å². The summed E-state index contributed by atoms with van der Waals surface area (Å²) < 4.78 is 4.64. The second-order valence-corrected chi connectivity index (χ2v) is 1.55. The molecule has 8 heavy (non-hydrogen) atoms. The van der Waals surface area contributed by atoms with E-state index in [1.54, 1.807) is 13.0 Å². The maximum atomic E-state index is 10.1. The molecular weight excluding hydrogens is 104 g/mol. The molecule has 0 aliphatic rings. The van der Waals surface area contributed by atoms with E-state index in [1.165, 1.54) is 6.92 Å². The Kier molecular flexibility index (Phi) is 2.92. The van der Waals surface area contributed by atoms with Crippen LogP contribution in [0.25, 0.3) is 0 Å². The minimum absolute atomic E-state index is 0.160. The van der Waals surface area contributed by atoms with Crippen molar-refractivity contribution in [2.24, 2.45) is 0 Å². The third-order valence-corrected chi connectivity index (χ3v) is 0.684. The first-order valence-corrected chi connectivity index (χ1v) is 2.46. The number of carbonyl (C=O) groups excluding carboxylic acids is 1. The van der Waals surface area contributed by atoms with Gasteiger partial charge in [-0.3, -0.25) is 4.79 Å². The van der Waals surface area contributed by atoms with Gasteiger partial charge in [0, 0.05) is 6.92 Å². The first kappa shape index (κ1) is 7.21. The Balaban J connectivity index is 3.38. The fourth-order valence-corrected chi connectivity index (χ4v) is 0.310. The molecular formula is C6H10O2. The van der Waals surface area contributed by atoms with E-state index in [-0.39, 0.29) is 12.1 Å². The summed E-state index contributed by atoms with van der Waals surface area (Å²) in [5.41, 5.74) is 0. The molecule has 0 aliphatic heterocycles. The SMILES string of the molecule is C=C[C@H](C)OC(C)=O. The summed E-state index contributed by atoms with van der Waals surface area (Å²) in [6.07, 6.45) is 1.41. The maximum absolute atomic E-state index is 10.1. The highest BCUT2D eigenvalue weighted by molar-refractivity contribution is 5.66. The van der Waals surface area contributed by atoms with E-state index in [4.69, 9.17) is 0 Å². The van der Waals surface area contributed by atoms with Crippen LogP contribution in [-0.4, -0.2) is 12.1 Å². The standard InChI is InChI=1S/C6H10O2/c1-4-5(2)8-6(3)7/h4-5H,1H2,2-3H3/t5-/m0/s1. The smallest absolute Gasteiger partial charge is 0.303 e. The van der Waals surface area contributed by atoms with E-state index in [0.717, 1.165) is 0 Å². The fraction of sp³-hybridized carbons (Fsp3) is 0.500. The Labute approximate surface area is 49.1 Å². The number of rotatable bonds is 2. The molecule has 0 saturated carbocycles. The van der Waals surface area contributed by atoms with E-state index in [0.29, 0.717) is 0 Å². The monoisotopic (exact) mass is 114 g/mol. The Morgan fingerprint density at radius 3 is 2.50 bits per heavy atom. The molecule has 0 aromatic rings. The fourth-order valence-electron chi connectivity index (χ4n) is 0.310. The lowest BCUT2D eigenvalue weighted by Crippen LogP contribution is -2.07. The summed E-state index contributed by atoms with van der Waals surface area (Å²) in [6, 6.07) is 0. The Morgan fingerprint density at radius 2 is 2.38 bits per heavy atom. The molecule has 0 radical (unpaired) electrons. The van der Waals surface area contributed by atoms with Crippen LogP contribution in [0.4, 0.5) is 0 Å². The van der Waals surface area contributed by atoms with Crippen LogP contribution < -0.4 is 0 Å². The van der Waals surface area contributed by atoms with Crippen LogP contribution in [0.15, 0.2) is 12.7 Å². The lowest BCUT2D eigenvalue weighted by Gasteiger charge is -2.03. The molecule has 0 rings (SSSR count). The van der Waals surface area contributed by atoms with Crippen LogP contribution in [0.3, 0.4) is 0 Å². The van der Waals surface area contributed by atoms with Crippen molar-refractivity contribution < 1.29 is 9.53 Å². The van der Waals surface area contributed by atoms with Crippen molar-refractivity contribution >= 4 is 5.97 Å². The van der Waals surface area contributed by atoms with Crippen molar-refractivity contribution in [1.82, 2.24) is 0 Å². The van der Waals surface area contributed by atoms with E-state index >= 15 is 0 Å². The van der Waals surface area contributed by atoms with Crippen LogP contribution in [0.5, 0.6) is 0 Å². The quantitative estimate of drug-likeness (QED) is 0.397. The lowest BCUT2D eigenvalue weighted by atomic mass is 10.4. The molecule has 0 fully saturated rings. The Morgan fingerprint density at radius 1 is 1.88 bits per heavy atom. The van der Waals surface area contributed by atoms with Crippen molar-refractivity contribution in [3.05, 3.63) is 12.7 Å². The lowest BCUT2D eigenvalue weighted by molar-refractivity contribution is -0.143. The first-order valence-electron chi connectivity index (χ1n) is 2.46. The summed E-state index contributed by atoms with van der Waals surface area (Å²) in [6.45, 7) is 6.57. The molecule has 0 heterocycles. The second kappa shape index (κ2) is 3.24. The molecule has 2 heteroatoms. The van der Waals surface area contributed by atoms with Gasteiger partial charge in [0.15, 0.2) is 0 Å². The van der Waals surface area contributed by atoms with E-state index < -0.39 is 0 Å². The molecule has 0 aromatic heterocycles. The number of hydrogen-bond donors (Lipinski definition) is 0. The largest absolute Gasteiger partial charge is 0.459 e. The molecule has 0 amide bonds. The van der Waals surface area contributed by atoms with Crippen molar-refractivity contribution in [2.45, 2.75) is 20.0 Å². The average molecular weight is 114 g/mol. The molecule has 0 unspecified atom stereocenters. The third kappa shape index (κ3) is 3.40. The van der Waals surface area contributed by atoms with Gasteiger partial charge >= 0.3 is 5.97 Å². The highest BCUT2D eigenvalue weighted by atomic mass is 16.5. The van der Waals surface area contributed by atoms with Crippen LogP contribution >= 0.6 is 0 Å². The predicted molar refractivity (Wildman–Crippen MR) is 31.4 cm³/mol. The molecule has 0 N–H and O–H groups in total. The Hall–Kier alpha value is -0.790. The number of esters is 1. The van der Waals surface area contributed by atoms with Gasteiger partial charge in [0.2, 0.25) is 0 Å². The van der Waals surface area contributed by atoms with Crippen molar-refractivity contribution in [3.8, 4) is 0 Å². The third-order valence-electron chi connectivity index (χ3n) is 0.684. The maximum Gasteiger partial charge on any atom is 0.303 e. The van der Waals surface area contributed by atoms with Crippen LogP contribution in [0.2, 0.25) is 0 Å². The Bertz CT molecular complexity index is 96.7. The molecule has 1 atom stereocenters. The molecule has 0 spiro atoms. The minimum Gasteiger partial charge on any atom is -0.459 e. The topological polar surface area (TPSA) is 26.3 Å². The summed E-state index contributed by atoms with van der Waals surface area (Å²) in [7, 11) is 0. The van der Waals surface area contributed by atoms with Crippen LogP contribution in [0.1, 0.15) is 13.8 Å². The molecule has 2 nitrogen and oxygen atoms in total. The summed E-state index contributed by atoms with van der Waals surface area (Å²) in [5.74, 6) is -0.266.